The van der Waals surface area contributed by atoms with Crippen molar-refractivity contribution in [1.82, 2.24) is 20.0 Å². The van der Waals surface area contributed by atoms with Gasteiger partial charge in [0.05, 0.1) is 17.9 Å². The number of aryl methyl sites for hydroxylation is 1. The summed E-state index contributed by atoms with van der Waals surface area (Å²) in [6.07, 6.45) is 1.99. The number of hydrogen-bond acceptors (Lipinski definition) is 4. The fourth-order valence-electron chi connectivity index (χ4n) is 2.33. The summed E-state index contributed by atoms with van der Waals surface area (Å²) in [5.74, 6) is 0.969. The molecule has 0 amide bonds. The van der Waals surface area contributed by atoms with Crippen molar-refractivity contribution in [3.05, 3.63) is 47.8 Å². The Kier molecular flexibility index (Phi) is 3.41. The molecular weight excluding hydrogens is 250 g/mol. The SMILES string of the molecule is Cc1ccn(-c2ccccc2CNC2=NCCN2C)n1. The molecule has 5 heteroatoms. The van der Waals surface area contributed by atoms with Crippen molar-refractivity contribution in [2.45, 2.75) is 13.5 Å². The van der Waals surface area contributed by atoms with Gasteiger partial charge in [0.2, 0.25) is 0 Å². The molecule has 1 aliphatic heterocycles. The van der Waals surface area contributed by atoms with Gasteiger partial charge in [0, 0.05) is 26.3 Å². The molecule has 2 aromatic rings. The number of aliphatic imine (C=N–C) groups is 1. The maximum absolute atomic E-state index is 4.48. The zero-order valence-corrected chi connectivity index (χ0v) is 11.9. The molecule has 0 aliphatic carbocycles. The molecule has 0 bridgehead atoms. The van der Waals surface area contributed by atoms with Crippen molar-refractivity contribution in [2.75, 3.05) is 20.1 Å². The first-order chi connectivity index (χ1) is 9.74. The predicted molar refractivity (Wildman–Crippen MR) is 80.1 cm³/mol. The van der Waals surface area contributed by atoms with E-state index in [1.165, 1.54) is 5.56 Å². The van der Waals surface area contributed by atoms with Crippen molar-refractivity contribution < 1.29 is 0 Å². The molecule has 20 heavy (non-hydrogen) atoms. The molecular formula is C15H19N5. The minimum Gasteiger partial charge on any atom is -0.352 e. The van der Waals surface area contributed by atoms with Crippen molar-refractivity contribution in [3.63, 3.8) is 0 Å². The Bertz CT molecular complexity index is 629. The molecule has 1 aromatic heterocycles. The highest BCUT2D eigenvalue weighted by Crippen LogP contribution is 2.14. The Labute approximate surface area is 118 Å². The highest BCUT2D eigenvalue weighted by atomic mass is 15.3. The lowest BCUT2D eigenvalue weighted by Gasteiger charge is -2.16. The van der Waals surface area contributed by atoms with Gasteiger partial charge in [-0.2, -0.15) is 5.10 Å². The number of aromatic nitrogens is 2. The van der Waals surface area contributed by atoms with E-state index in [2.05, 4.69) is 45.6 Å². The first-order valence-corrected chi connectivity index (χ1v) is 6.84. The molecule has 0 saturated carbocycles. The second-order valence-corrected chi connectivity index (χ2v) is 5.01. The molecule has 0 spiro atoms. The maximum atomic E-state index is 4.48. The van der Waals surface area contributed by atoms with E-state index in [9.17, 15) is 0 Å². The molecule has 104 valence electrons. The number of benzene rings is 1. The number of likely N-dealkylation sites (N-methyl/N-ethyl adjacent to an activating group) is 1. The smallest absolute Gasteiger partial charge is 0.194 e. The number of rotatable bonds is 3. The van der Waals surface area contributed by atoms with Crippen molar-refractivity contribution in [1.29, 1.82) is 0 Å². The number of guanidine groups is 1. The highest BCUT2D eigenvalue weighted by Gasteiger charge is 2.12. The first kappa shape index (κ1) is 12.7. The minimum absolute atomic E-state index is 0.748. The molecule has 0 fully saturated rings. The quantitative estimate of drug-likeness (QED) is 0.920. The second-order valence-electron chi connectivity index (χ2n) is 5.01. The van der Waals surface area contributed by atoms with Gasteiger partial charge in [0.25, 0.3) is 0 Å². The average molecular weight is 269 g/mol. The van der Waals surface area contributed by atoms with Gasteiger partial charge < -0.3 is 10.2 Å². The van der Waals surface area contributed by atoms with Gasteiger partial charge in [-0.25, -0.2) is 4.68 Å². The van der Waals surface area contributed by atoms with E-state index < -0.39 is 0 Å². The lowest BCUT2D eigenvalue weighted by molar-refractivity contribution is 0.534. The number of hydrogen-bond donors (Lipinski definition) is 1. The Hall–Kier alpha value is -2.30. The standard InChI is InChI=1S/C15H19N5/c1-12-7-9-20(18-12)14-6-4-3-5-13(14)11-17-15-16-8-10-19(15)2/h3-7,9H,8,10-11H2,1-2H3,(H,16,17). The summed E-state index contributed by atoms with van der Waals surface area (Å²) in [5.41, 5.74) is 3.33. The molecule has 1 aliphatic rings. The van der Waals surface area contributed by atoms with E-state index in [1.54, 1.807) is 0 Å². The second kappa shape index (κ2) is 5.36. The third kappa shape index (κ3) is 2.52. The van der Waals surface area contributed by atoms with Gasteiger partial charge >= 0.3 is 0 Å². The van der Waals surface area contributed by atoms with Gasteiger partial charge in [0.15, 0.2) is 5.96 Å². The van der Waals surface area contributed by atoms with E-state index in [4.69, 9.17) is 0 Å². The maximum Gasteiger partial charge on any atom is 0.194 e. The summed E-state index contributed by atoms with van der Waals surface area (Å²) in [6.45, 7) is 4.61. The van der Waals surface area contributed by atoms with Crippen molar-refractivity contribution in [2.24, 2.45) is 4.99 Å². The lowest BCUT2D eigenvalue weighted by Crippen LogP contribution is -2.35. The Morgan fingerprint density at radius 2 is 2.10 bits per heavy atom. The van der Waals surface area contributed by atoms with Gasteiger partial charge in [-0.05, 0) is 24.6 Å². The zero-order valence-electron chi connectivity index (χ0n) is 11.9. The molecule has 5 nitrogen and oxygen atoms in total. The summed E-state index contributed by atoms with van der Waals surface area (Å²) in [7, 11) is 2.06. The number of nitrogens with one attached hydrogen (secondary N) is 1. The lowest BCUT2D eigenvalue weighted by atomic mass is 10.2. The molecule has 1 N–H and O–H groups in total. The summed E-state index contributed by atoms with van der Waals surface area (Å²) >= 11 is 0. The number of para-hydroxylation sites is 1. The van der Waals surface area contributed by atoms with Crippen LogP contribution < -0.4 is 5.32 Å². The van der Waals surface area contributed by atoms with Crippen LogP contribution in [0.25, 0.3) is 5.69 Å². The third-order valence-electron chi connectivity index (χ3n) is 3.46. The monoisotopic (exact) mass is 269 g/mol. The zero-order chi connectivity index (χ0) is 13.9. The Balaban J connectivity index is 1.80. The number of nitrogens with zero attached hydrogens (tertiary/aromatic N) is 4. The van der Waals surface area contributed by atoms with Gasteiger partial charge in [0.1, 0.15) is 0 Å². The van der Waals surface area contributed by atoms with Crippen LogP contribution in [0.3, 0.4) is 0 Å². The van der Waals surface area contributed by atoms with Crippen LogP contribution in [0.1, 0.15) is 11.3 Å². The minimum atomic E-state index is 0.748. The van der Waals surface area contributed by atoms with Crippen LogP contribution in [0.2, 0.25) is 0 Å². The molecule has 1 aromatic carbocycles. The van der Waals surface area contributed by atoms with E-state index >= 15 is 0 Å². The molecule has 3 rings (SSSR count). The summed E-state index contributed by atoms with van der Waals surface area (Å²) in [5, 5.41) is 7.88. The van der Waals surface area contributed by atoms with Gasteiger partial charge in [-0.15, -0.1) is 0 Å². The van der Waals surface area contributed by atoms with Crippen LogP contribution in [0.5, 0.6) is 0 Å². The fraction of sp³-hybridized carbons (Fsp3) is 0.333. The third-order valence-corrected chi connectivity index (χ3v) is 3.46. The van der Waals surface area contributed by atoms with Crippen LogP contribution in [-0.4, -0.2) is 40.8 Å². The van der Waals surface area contributed by atoms with Gasteiger partial charge in [-0.1, -0.05) is 18.2 Å². The van der Waals surface area contributed by atoms with Crippen LogP contribution >= 0.6 is 0 Å². The van der Waals surface area contributed by atoms with Crippen LogP contribution in [-0.2, 0) is 6.54 Å². The molecule has 0 atom stereocenters. The molecule has 0 saturated heterocycles. The molecule has 2 heterocycles. The summed E-state index contributed by atoms with van der Waals surface area (Å²) in [6, 6.07) is 10.3. The fourth-order valence-corrected chi connectivity index (χ4v) is 2.33. The molecule has 0 unspecified atom stereocenters. The van der Waals surface area contributed by atoms with E-state index in [0.29, 0.717) is 0 Å². The van der Waals surface area contributed by atoms with Gasteiger partial charge in [-0.3, -0.25) is 4.99 Å². The predicted octanol–water partition coefficient (Wildman–Crippen LogP) is 1.57. The van der Waals surface area contributed by atoms with E-state index in [1.807, 2.05) is 29.9 Å². The van der Waals surface area contributed by atoms with Crippen molar-refractivity contribution >= 4 is 5.96 Å². The van der Waals surface area contributed by atoms with Crippen LogP contribution in [0.15, 0.2) is 41.5 Å². The van der Waals surface area contributed by atoms with Crippen LogP contribution in [0, 0.1) is 6.92 Å². The first-order valence-electron chi connectivity index (χ1n) is 6.84. The molecule has 0 radical (unpaired) electrons. The Morgan fingerprint density at radius 1 is 1.25 bits per heavy atom. The van der Waals surface area contributed by atoms with Crippen molar-refractivity contribution in [3.8, 4) is 5.69 Å². The summed E-state index contributed by atoms with van der Waals surface area (Å²) in [4.78, 5) is 6.59. The van der Waals surface area contributed by atoms with E-state index in [-0.39, 0.29) is 0 Å². The Morgan fingerprint density at radius 3 is 2.80 bits per heavy atom. The van der Waals surface area contributed by atoms with E-state index in [0.717, 1.165) is 37.0 Å². The normalized spacial score (nSPS) is 14.5. The van der Waals surface area contributed by atoms with Crippen LogP contribution in [0.4, 0.5) is 0 Å². The average Bonchev–Trinajstić information content (AvgIpc) is 3.06. The largest absolute Gasteiger partial charge is 0.352 e. The summed E-state index contributed by atoms with van der Waals surface area (Å²) < 4.78 is 1.92. The highest BCUT2D eigenvalue weighted by molar-refractivity contribution is 5.81. The topological polar surface area (TPSA) is 45.5 Å².